The van der Waals surface area contributed by atoms with Crippen molar-refractivity contribution < 1.29 is 18.9 Å². The van der Waals surface area contributed by atoms with E-state index in [0.717, 1.165) is 54.9 Å². The molecular weight excluding hydrogens is 953 g/mol. The van der Waals surface area contributed by atoms with Crippen molar-refractivity contribution >= 4 is 44.1 Å². The molecule has 5 heterocycles. The number of hydrogen-bond acceptors (Lipinski definition) is 14. The van der Waals surface area contributed by atoms with Crippen molar-refractivity contribution in [2.24, 2.45) is 22.9 Å². The van der Waals surface area contributed by atoms with Gasteiger partial charge < -0.3 is 51.9 Å². The van der Waals surface area contributed by atoms with Crippen LogP contribution in [0.1, 0.15) is 22.3 Å². The van der Waals surface area contributed by atoms with Crippen molar-refractivity contribution in [2.75, 3.05) is 0 Å². The maximum atomic E-state index is 6.41. The normalized spacial score (nSPS) is 11.6. The first-order valence-corrected chi connectivity index (χ1v) is 24.6. The molecule has 8 bridgehead atoms. The number of aromatic nitrogens is 8. The molecule has 13 rings (SSSR count). The zero-order valence-electron chi connectivity index (χ0n) is 40.6. The van der Waals surface area contributed by atoms with Gasteiger partial charge in [0.25, 0.3) is 0 Å². The second-order valence-electron chi connectivity index (χ2n) is 18.2. The SMILES string of the molecule is NCc1ccc(Oc2ccc3c(c2)-c2nc-3nc3[nH]c(nc4nc(nc5[nH]c(n2)c2ccc(Oc6ccc(CN)cc6)cc52)-c2ccc(Oc5ccc(CN)cc5)cc2-4)c2ccc(Oc4ccc(CN)cc4)cc32)cc1. The summed E-state index contributed by atoms with van der Waals surface area (Å²) in [5, 5.41) is 2.98. The number of fused-ring (bicyclic) bond motifs is 20. The largest absolute Gasteiger partial charge is 0.457 e. The highest BCUT2D eigenvalue weighted by atomic mass is 16.5. The molecule has 16 heteroatoms. The standard InChI is InChI=1S/C60H46N12O4/c61-29-33-1-9-37(10-2-33)73-41-17-21-45-49(25-41)57-65-53(45)70-58-51-27-43(75-39-13-5-35(31-63)6-14-39)19-23-47(51)55(67-58)72-60-52-28-44(76-40-15-7-36(32-64)8-16-40)20-24-48(52)56(68-60)71-59-50-26-42(18-22-46(50)54(66-59)69-57)74-38-11-3-34(30-62)4-12-38/h1-28H,29-32,61-64H2,(H2,65,66,67,68,69,70,71,72). The lowest BCUT2D eigenvalue weighted by molar-refractivity contribution is 0.482. The summed E-state index contributed by atoms with van der Waals surface area (Å²) in [6.07, 6.45) is 0. The average Bonchev–Trinajstić information content (AvgIpc) is 4.20. The van der Waals surface area contributed by atoms with Crippen molar-refractivity contribution in [3.63, 3.8) is 0 Å². The molecule has 76 heavy (non-hydrogen) atoms. The van der Waals surface area contributed by atoms with Crippen LogP contribution < -0.4 is 41.9 Å². The molecule has 16 nitrogen and oxygen atoms in total. The van der Waals surface area contributed by atoms with Gasteiger partial charge in [0.15, 0.2) is 23.3 Å². The Bertz CT molecular complexity index is 3950. The first-order valence-electron chi connectivity index (χ1n) is 24.6. The highest BCUT2D eigenvalue weighted by Crippen LogP contribution is 2.42. The Balaban J connectivity index is 1.04. The minimum Gasteiger partial charge on any atom is -0.457 e. The first-order chi connectivity index (χ1) is 37.3. The van der Waals surface area contributed by atoms with E-state index < -0.39 is 0 Å². The van der Waals surface area contributed by atoms with Gasteiger partial charge in [0.05, 0.1) is 0 Å². The Hall–Kier alpha value is -9.84. The summed E-state index contributed by atoms with van der Waals surface area (Å²) < 4.78 is 25.6. The topological polar surface area (TPSA) is 250 Å². The molecule has 0 fully saturated rings. The Morgan fingerprint density at radius 3 is 0.842 bits per heavy atom. The molecule has 10 N–H and O–H groups in total. The van der Waals surface area contributed by atoms with E-state index in [-0.39, 0.29) is 0 Å². The van der Waals surface area contributed by atoms with Gasteiger partial charge in [-0.3, -0.25) is 0 Å². The number of nitrogens with zero attached hydrogens (tertiary/aromatic N) is 6. The van der Waals surface area contributed by atoms with Crippen molar-refractivity contribution in [3.05, 3.63) is 192 Å². The molecule has 0 aliphatic carbocycles. The Kier molecular flexibility index (Phi) is 11.6. The van der Waals surface area contributed by atoms with Crippen LogP contribution in [-0.2, 0) is 26.2 Å². The van der Waals surface area contributed by atoms with Gasteiger partial charge in [0.2, 0.25) is 0 Å². The molecule has 2 aliphatic heterocycles. The van der Waals surface area contributed by atoms with E-state index in [1.54, 1.807) is 0 Å². The second-order valence-corrected chi connectivity index (χ2v) is 18.2. The van der Waals surface area contributed by atoms with Gasteiger partial charge in [-0.1, -0.05) is 48.5 Å². The van der Waals surface area contributed by atoms with Crippen LogP contribution in [0.2, 0.25) is 0 Å². The molecule has 0 amide bonds. The van der Waals surface area contributed by atoms with Crippen LogP contribution in [0.4, 0.5) is 0 Å². The van der Waals surface area contributed by atoms with E-state index in [1.807, 2.05) is 170 Å². The predicted molar refractivity (Wildman–Crippen MR) is 294 cm³/mol. The van der Waals surface area contributed by atoms with E-state index >= 15 is 0 Å². The van der Waals surface area contributed by atoms with E-state index in [1.165, 1.54) is 0 Å². The highest BCUT2D eigenvalue weighted by Gasteiger charge is 2.24. The molecule has 0 atom stereocenters. The molecule has 370 valence electrons. The molecular formula is C60H46N12O4. The monoisotopic (exact) mass is 998 g/mol. The molecule has 0 saturated carbocycles. The summed E-state index contributed by atoms with van der Waals surface area (Å²) in [7, 11) is 0. The fourth-order valence-electron chi connectivity index (χ4n) is 9.28. The summed E-state index contributed by atoms with van der Waals surface area (Å²) in [5.41, 5.74) is 32.4. The number of benzene rings is 8. The van der Waals surface area contributed by atoms with Crippen molar-refractivity contribution in [1.29, 1.82) is 0 Å². The predicted octanol–water partition coefficient (Wildman–Crippen LogP) is 11.9. The zero-order chi connectivity index (χ0) is 51.3. The van der Waals surface area contributed by atoms with Gasteiger partial charge in [-0.05, 0) is 144 Å². The second kappa shape index (κ2) is 19.2. The lowest BCUT2D eigenvalue weighted by Crippen LogP contribution is -1.95. The third kappa shape index (κ3) is 8.84. The molecule has 8 aromatic carbocycles. The van der Waals surface area contributed by atoms with Crippen LogP contribution in [0.3, 0.4) is 0 Å². The zero-order valence-corrected chi connectivity index (χ0v) is 40.6. The summed E-state index contributed by atoms with van der Waals surface area (Å²) >= 11 is 0. The molecule has 0 saturated heterocycles. The number of hydrogen-bond donors (Lipinski definition) is 6. The Morgan fingerprint density at radius 2 is 0.526 bits per heavy atom. The molecule has 0 radical (unpaired) electrons. The summed E-state index contributed by atoms with van der Waals surface area (Å²) in [6, 6.07) is 53.8. The molecule has 2 aliphatic rings. The number of H-pyrrole nitrogens is 2. The van der Waals surface area contributed by atoms with Crippen LogP contribution in [0.25, 0.3) is 89.7 Å². The van der Waals surface area contributed by atoms with Crippen LogP contribution in [0.5, 0.6) is 46.0 Å². The molecule has 0 spiro atoms. The van der Waals surface area contributed by atoms with Gasteiger partial charge in [-0.15, -0.1) is 0 Å². The smallest absolute Gasteiger partial charge is 0.164 e. The molecule has 11 aromatic rings. The summed E-state index contributed by atoms with van der Waals surface area (Å²) in [5.74, 6) is 6.58. The van der Waals surface area contributed by atoms with E-state index in [2.05, 4.69) is 9.97 Å². The third-order valence-electron chi connectivity index (χ3n) is 13.3. The number of nitrogens with one attached hydrogen (secondary N) is 2. The Labute approximate surface area is 434 Å². The van der Waals surface area contributed by atoms with Crippen LogP contribution in [0.15, 0.2) is 170 Å². The van der Waals surface area contributed by atoms with Crippen molar-refractivity contribution in [2.45, 2.75) is 26.2 Å². The van der Waals surface area contributed by atoms with E-state index in [0.29, 0.717) is 129 Å². The van der Waals surface area contributed by atoms with Crippen LogP contribution >= 0.6 is 0 Å². The average molecular weight is 999 g/mol. The third-order valence-corrected chi connectivity index (χ3v) is 13.3. The molecule has 0 unspecified atom stereocenters. The van der Waals surface area contributed by atoms with Gasteiger partial charge in [-0.2, -0.15) is 0 Å². The van der Waals surface area contributed by atoms with Crippen molar-refractivity contribution in [3.8, 4) is 91.5 Å². The maximum absolute atomic E-state index is 6.41. The van der Waals surface area contributed by atoms with Crippen molar-refractivity contribution in [1.82, 2.24) is 39.9 Å². The minimum atomic E-state index is 0.398. The quantitative estimate of drug-likeness (QED) is 0.0666. The number of rotatable bonds is 12. The van der Waals surface area contributed by atoms with Crippen LogP contribution in [-0.4, -0.2) is 39.9 Å². The highest BCUT2D eigenvalue weighted by molar-refractivity contribution is 6.07. The first kappa shape index (κ1) is 46.0. The summed E-state index contributed by atoms with van der Waals surface area (Å²) in [6.45, 7) is 1.70. The molecule has 3 aromatic heterocycles. The fourth-order valence-corrected chi connectivity index (χ4v) is 9.28. The van der Waals surface area contributed by atoms with Gasteiger partial charge >= 0.3 is 0 Å². The van der Waals surface area contributed by atoms with Gasteiger partial charge in [0.1, 0.15) is 68.6 Å². The van der Waals surface area contributed by atoms with E-state index in [9.17, 15) is 0 Å². The van der Waals surface area contributed by atoms with Gasteiger partial charge in [-0.25, -0.2) is 29.9 Å². The maximum Gasteiger partial charge on any atom is 0.164 e. The van der Waals surface area contributed by atoms with Crippen LogP contribution in [0, 0.1) is 0 Å². The summed E-state index contributed by atoms with van der Waals surface area (Å²) in [4.78, 5) is 38.5. The fraction of sp³-hybridized carbons (Fsp3) is 0.0667. The minimum absolute atomic E-state index is 0.398. The van der Waals surface area contributed by atoms with Gasteiger partial charge in [0, 0.05) is 70.0 Å². The lowest BCUT2D eigenvalue weighted by Gasteiger charge is -2.08. The number of aromatic amines is 2. The Morgan fingerprint density at radius 1 is 0.263 bits per heavy atom. The van der Waals surface area contributed by atoms with E-state index in [4.69, 9.17) is 71.8 Å². The number of ether oxygens (including phenoxy) is 4. The lowest BCUT2D eigenvalue weighted by atomic mass is 10.1. The number of nitrogens with two attached hydrogens (primary N) is 4.